The highest BCUT2D eigenvalue weighted by Gasteiger charge is 2.26. The SMILES string of the molecule is O=C(O)C(F)=Cc1cnc(N[C@@H]2CCN(CC3CCCCC3)C2)c(Cl)c1. The van der Waals surface area contributed by atoms with Crippen molar-refractivity contribution in [1.29, 1.82) is 0 Å². The van der Waals surface area contributed by atoms with Gasteiger partial charge in [-0.1, -0.05) is 30.9 Å². The lowest BCUT2D eigenvalue weighted by Gasteiger charge is -2.26. The topological polar surface area (TPSA) is 65.5 Å². The molecule has 1 aliphatic carbocycles. The lowest BCUT2D eigenvalue weighted by molar-refractivity contribution is -0.134. The van der Waals surface area contributed by atoms with Crippen LogP contribution in [0.2, 0.25) is 5.02 Å². The number of aromatic nitrogens is 1. The van der Waals surface area contributed by atoms with E-state index >= 15 is 0 Å². The van der Waals surface area contributed by atoms with Crippen LogP contribution in [-0.2, 0) is 4.79 Å². The molecule has 2 heterocycles. The standard InChI is InChI=1S/C19H25ClFN3O2/c20-16-8-14(9-17(21)19(25)26)10-22-18(16)23-15-6-7-24(12-15)11-13-4-2-1-3-5-13/h8-10,13,15H,1-7,11-12H2,(H,22,23)(H,25,26)/t15-/m1/s1. The van der Waals surface area contributed by atoms with Crippen LogP contribution in [0, 0.1) is 5.92 Å². The maximum atomic E-state index is 13.2. The summed E-state index contributed by atoms with van der Waals surface area (Å²) in [5.41, 5.74) is 0.325. The van der Waals surface area contributed by atoms with Gasteiger partial charge in [-0.15, -0.1) is 0 Å². The zero-order valence-electron chi connectivity index (χ0n) is 14.8. The number of nitrogens with one attached hydrogen (secondary N) is 1. The number of carbonyl (C=O) groups is 1. The van der Waals surface area contributed by atoms with Gasteiger partial charge in [0.15, 0.2) is 0 Å². The number of pyridine rings is 1. The third-order valence-electron chi connectivity index (χ3n) is 5.21. The molecular formula is C19H25ClFN3O2. The van der Waals surface area contributed by atoms with Gasteiger partial charge in [-0.2, -0.15) is 4.39 Å². The number of hydrogen-bond donors (Lipinski definition) is 2. The van der Waals surface area contributed by atoms with Gasteiger partial charge in [-0.25, -0.2) is 9.78 Å². The summed E-state index contributed by atoms with van der Waals surface area (Å²) in [4.78, 5) is 17.3. The van der Waals surface area contributed by atoms with Crippen molar-refractivity contribution >= 4 is 29.5 Å². The van der Waals surface area contributed by atoms with E-state index in [0.717, 1.165) is 31.5 Å². The fourth-order valence-corrected chi connectivity index (χ4v) is 4.12. The molecule has 1 aromatic heterocycles. The highest BCUT2D eigenvalue weighted by Crippen LogP contribution is 2.27. The maximum Gasteiger partial charge on any atom is 0.364 e. The largest absolute Gasteiger partial charge is 0.476 e. The highest BCUT2D eigenvalue weighted by atomic mass is 35.5. The molecule has 2 aliphatic rings. The number of carboxylic acids is 1. The van der Waals surface area contributed by atoms with Crippen molar-refractivity contribution in [3.63, 3.8) is 0 Å². The number of hydrogen-bond acceptors (Lipinski definition) is 4. The number of likely N-dealkylation sites (tertiary alicyclic amines) is 1. The smallest absolute Gasteiger partial charge is 0.364 e. The van der Waals surface area contributed by atoms with Crippen molar-refractivity contribution in [2.24, 2.45) is 5.92 Å². The lowest BCUT2D eigenvalue weighted by Crippen LogP contribution is -2.31. The molecule has 7 heteroatoms. The fourth-order valence-electron chi connectivity index (χ4n) is 3.89. The molecule has 0 radical (unpaired) electrons. The van der Waals surface area contributed by atoms with E-state index < -0.39 is 11.8 Å². The second-order valence-corrected chi connectivity index (χ2v) is 7.70. The third-order valence-corrected chi connectivity index (χ3v) is 5.50. The Morgan fingerprint density at radius 1 is 1.38 bits per heavy atom. The van der Waals surface area contributed by atoms with Crippen LogP contribution in [0.15, 0.2) is 18.1 Å². The second kappa shape index (κ2) is 8.82. The van der Waals surface area contributed by atoms with E-state index in [4.69, 9.17) is 16.7 Å². The maximum absolute atomic E-state index is 13.2. The number of anilines is 1. The van der Waals surface area contributed by atoms with Crippen LogP contribution in [0.3, 0.4) is 0 Å². The summed E-state index contributed by atoms with van der Waals surface area (Å²) >= 11 is 6.23. The Kier molecular flexibility index (Phi) is 6.48. The first kappa shape index (κ1) is 19.1. The van der Waals surface area contributed by atoms with E-state index in [2.05, 4.69) is 15.2 Å². The summed E-state index contributed by atoms with van der Waals surface area (Å²) in [6.45, 7) is 3.23. The predicted octanol–water partition coefficient (Wildman–Crippen LogP) is 4.20. The fraction of sp³-hybridized carbons (Fsp3) is 0.579. The lowest BCUT2D eigenvalue weighted by atomic mass is 9.89. The molecule has 26 heavy (non-hydrogen) atoms. The summed E-state index contributed by atoms with van der Waals surface area (Å²) in [7, 11) is 0. The summed E-state index contributed by atoms with van der Waals surface area (Å²) in [5, 5.41) is 12.3. The molecule has 0 amide bonds. The van der Waals surface area contributed by atoms with Crippen molar-refractivity contribution < 1.29 is 14.3 Å². The van der Waals surface area contributed by atoms with Gasteiger partial charge in [-0.3, -0.25) is 0 Å². The molecule has 0 unspecified atom stereocenters. The van der Waals surface area contributed by atoms with Gasteiger partial charge < -0.3 is 15.3 Å². The molecule has 0 spiro atoms. The van der Waals surface area contributed by atoms with Crippen LogP contribution in [0.1, 0.15) is 44.1 Å². The van der Waals surface area contributed by atoms with Crippen LogP contribution in [0.4, 0.5) is 10.2 Å². The van der Waals surface area contributed by atoms with Crippen LogP contribution in [0.25, 0.3) is 6.08 Å². The van der Waals surface area contributed by atoms with Crippen LogP contribution >= 0.6 is 11.6 Å². The number of aliphatic carboxylic acids is 1. The monoisotopic (exact) mass is 381 g/mol. The molecule has 142 valence electrons. The van der Waals surface area contributed by atoms with Crippen molar-refractivity contribution in [1.82, 2.24) is 9.88 Å². The molecule has 5 nitrogen and oxygen atoms in total. The van der Waals surface area contributed by atoms with Gasteiger partial charge in [0.2, 0.25) is 5.83 Å². The van der Waals surface area contributed by atoms with Gasteiger partial charge in [-0.05, 0) is 42.9 Å². The van der Waals surface area contributed by atoms with Gasteiger partial charge in [0.05, 0.1) is 5.02 Å². The van der Waals surface area contributed by atoms with Crippen molar-refractivity contribution in [2.75, 3.05) is 25.0 Å². The van der Waals surface area contributed by atoms with Crippen molar-refractivity contribution in [3.05, 3.63) is 28.7 Å². The Bertz CT molecular complexity index is 677. The Balaban J connectivity index is 1.54. The molecular weight excluding hydrogens is 357 g/mol. The minimum Gasteiger partial charge on any atom is -0.476 e. The molecule has 1 saturated carbocycles. The number of carboxylic acid groups (broad SMARTS) is 1. The van der Waals surface area contributed by atoms with Crippen molar-refractivity contribution in [3.8, 4) is 0 Å². The normalized spacial score (nSPS) is 22.5. The molecule has 3 rings (SSSR count). The average Bonchev–Trinajstić information content (AvgIpc) is 3.05. The van der Waals surface area contributed by atoms with E-state index in [-0.39, 0.29) is 0 Å². The predicted molar refractivity (Wildman–Crippen MR) is 101 cm³/mol. The summed E-state index contributed by atoms with van der Waals surface area (Å²) < 4.78 is 13.2. The second-order valence-electron chi connectivity index (χ2n) is 7.29. The zero-order chi connectivity index (χ0) is 18.5. The van der Waals surface area contributed by atoms with Crippen LogP contribution in [-0.4, -0.2) is 46.6 Å². The van der Waals surface area contributed by atoms with Crippen molar-refractivity contribution in [2.45, 2.75) is 44.6 Å². The Labute approximate surface area is 158 Å². The molecule has 1 aliphatic heterocycles. The summed E-state index contributed by atoms with van der Waals surface area (Å²) in [6.07, 6.45) is 10.2. The molecule has 2 N–H and O–H groups in total. The van der Waals surface area contributed by atoms with Crippen LogP contribution in [0.5, 0.6) is 0 Å². The first-order valence-electron chi connectivity index (χ1n) is 9.26. The first-order valence-corrected chi connectivity index (χ1v) is 9.64. The van der Waals surface area contributed by atoms with Crippen LogP contribution < -0.4 is 5.32 Å². The van der Waals surface area contributed by atoms with E-state index in [1.54, 1.807) is 0 Å². The van der Waals surface area contributed by atoms with E-state index in [0.29, 0.717) is 22.4 Å². The van der Waals surface area contributed by atoms with E-state index in [9.17, 15) is 9.18 Å². The van der Waals surface area contributed by atoms with Gasteiger partial charge in [0, 0.05) is 31.9 Å². The third kappa shape index (κ3) is 5.17. The van der Waals surface area contributed by atoms with Gasteiger partial charge in [0.1, 0.15) is 5.82 Å². The highest BCUT2D eigenvalue weighted by molar-refractivity contribution is 6.33. The summed E-state index contributed by atoms with van der Waals surface area (Å²) in [5.74, 6) is -1.45. The van der Waals surface area contributed by atoms with Gasteiger partial charge >= 0.3 is 5.97 Å². The molecule has 1 saturated heterocycles. The minimum atomic E-state index is -1.60. The molecule has 0 bridgehead atoms. The first-order chi connectivity index (χ1) is 12.5. The van der Waals surface area contributed by atoms with Gasteiger partial charge in [0.25, 0.3) is 0 Å². The molecule has 1 aromatic rings. The minimum absolute atomic E-state index is 0.292. The quantitative estimate of drug-likeness (QED) is 0.723. The Morgan fingerprint density at radius 2 is 2.15 bits per heavy atom. The molecule has 1 atom stereocenters. The molecule has 2 fully saturated rings. The Hall–Kier alpha value is -1.66. The Morgan fingerprint density at radius 3 is 2.85 bits per heavy atom. The zero-order valence-corrected chi connectivity index (χ0v) is 15.5. The van der Waals surface area contributed by atoms with E-state index in [1.165, 1.54) is 50.9 Å². The van der Waals surface area contributed by atoms with E-state index in [1.807, 2.05) is 0 Å². The number of halogens is 2. The number of nitrogens with zero attached hydrogens (tertiary/aromatic N) is 2. The molecule has 0 aromatic carbocycles. The summed E-state index contributed by atoms with van der Waals surface area (Å²) in [6, 6.07) is 1.81. The average molecular weight is 382 g/mol. The number of rotatable bonds is 6.